The minimum Gasteiger partial charge on any atom is -0.479 e. The van der Waals surface area contributed by atoms with Crippen LogP contribution in [0.15, 0.2) is 29.8 Å². The van der Waals surface area contributed by atoms with E-state index in [1.165, 1.54) is 11.3 Å². The van der Waals surface area contributed by atoms with E-state index < -0.39 is 12.0 Å². The number of hydrogen-bond donors (Lipinski definition) is 2. The molecule has 0 saturated heterocycles. The topological polar surface area (TPSA) is 79.3 Å². The van der Waals surface area contributed by atoms with Crippen LogP contribution in [0.3, 0.4) is 0 Å². The highest BCUT2D eigenvalue weighted by atomic mass is 32.1. The van der Waals surface area contributed by atoms with Gasteiger partial charge in [-0.05, 0) is 19.4 Å². The molecule has 2 aromatic rings. The van der Waals surface area contributed by atoms with Crippen molar-refractivity contribution in [1.29, 1.82) is 0 Å². The Kier molecular flexibility index (Phi) is 5.27. The maximum atomic E-state index is 12.0. The van der Waals surface area contributed by atoms with E-state index in [1.54, 1.807) is 18.3 Å². The Morgan fingerprint density at radius 2 is 1.95 bits per heavy atom. The molecule has 0 spiro atoms. The third kappa shape index (κ3) is 4.39. The standard InChI is InChI=1S/C16H18N2O3S/c1-10-7-11(2)9-12(8-10)15(16(20)21)18-13(19)3-4-14-17-5-6-22-14/h5-9,15H,3-4H2,1-2H3,(H,18,19)(H,20,21). The summed E-state index contributed by atoms with van der Waals surface area (Å²) in [6.45, 7) is 3.80. The molecule has 116 valence electrons. The molecule has 6 heteroatoms. The third-order valence-electron chi connectivity index (χ3n) is 3.18. The van der Waals surface area contributed by atoms with Crippen LogP contribution in [-0.4, -0.2) is 22.0 Å². The van der Waals surface area contributed by atoms with Crippen molar-refractivity contribution in [2.75, 3.05) is 0 Å². The molecule has 1 atom stereocenters. The molecule has 1 amide bonds. The SMILES string of the molecule is Cc1cc(C)cc(C(NC(=O)CCc2nccs2)C(=O)O)c1. The third-order valence-corrected chi connectivity index (χ3v) is 4.02. The lowest BCUT2D eigenvalue weighted by atomic mass is 10.0. The quantitative estimate of drug-likeness (QED) is 0.858. The van der Waals surface area contributed by atoms with Gasteiger partial charge in [0.05, 0.1) is 5.01 Å². The van der Waals surface area contributed by atoms with Gasteiger partial charge >= 0.3 is 5.97 Å². The summed E-state index contributed by atoms with van der Waals surface area (Å²) in [5, 5.41) is 14.7. The molecule has 0 aliphatic carbocycles. The van der Waals surface area contributed by atoms with Gasteiger partial charge in [0, 0.05) is 24.4 Å². The molecule has 1 unspecified atom stereocenters. The zero-order chi connectivity index (χ0) is 16.1. The normalized spacial score (nSPS) is 11.9. The number of aromatic nitrogens is 1. The molecule has 0 saturated carbocycles. The molecule has 5 nitrogen and oxygen atoms in total. The number of thiazole rings is 1. The van der Waals surface area contributed by atoms with E-state index in [2.05, 4.69) is 10.3 Å². The Hall–Kier alpha value is -2.21. The van der Waals surface area contributed by atoms with Gasteiger partial charge in [-0.3, -0.25) is 4.79 Å². The molecular weight excluding hydrogens is 300 g/mol. The van der Waals surface area contributed by atoms with Gasteiger partial charge in [0.25, 0.3) is 0 Å². The highest BCUT2D eigenvalue weighted by molar-refractivity contribution is 7.09. The number of nitrogens with zero attached hydrogens (tertiary/aromatic N) is 1. The molecule has 0 fully saturated rings. The zero-order valence-corrected chi connectivity index (χ0v) is 13.3. The first-order chi connectivity index (χ1) is 10.5. The Labute approximate surface area is 133 Å². The first-order valence-electron chi connectivity index (χ1n) is 6.94. The van der Waals surface area contributed by atoms with Crippen LogP contribution in [0.2, 0.25) is 0 Å². The number of amides is 1. The molecule has 0 radical (unpaired) electrons. The van der Waals surface area contributed by atoms with Crippen molar-refractivity contribution in [3.05, 3.63) is 51.5 Å². The number of hydrogen-bond acceptors (Lipinski definition) is 4. The molecule has 1 aromatic carbocycles. The molecule has 0 aliphatic rings. The second-order valence-corrected chi connectivity index (χ2v) is 6.16. The van der Waals surface area contributed by atoms with E-state index in [-0.39, 0.29) is 12.3 Å². The van der Waals surface area contributed by atoms with Crippen LogP contribution in [0.5, 0.6) is 0 Å². The van der Waals surface area contributed by atoms with Crippen LogP contribution < -0.4 is 5.32 Å². The van der Waals surface area contributed by atoms with Gasteiger partial charge in [0.2, 0.25) is 5.91 Å². The van der Waals surface area contributed by atoms with E-state index in [0.717, 1.165) is 16.1 Å². The fourth-order valence-electron chi connectivity index (χ4n) is 2.29. The summed E-state index contributed by atoms with van der Waals surface area (Å²) in [5.74, 6) is -1.35. The average molecular weight is 318 g/mol. The molecule has 22 heavy (non-hydrogen) atoms. The highest BCUT2D eigenvalue weighted by Crippen LogP contribution is 2.18. The second kappa shape index (κ2) is 7.17. The van der Waals surface area contributed by atoms with Gasteiger partial charge in [-0.1, -0.05) is 29.3 Å². The average Bonchev–Trinajstić information content (AvgIpc) is 2.94. The molecule has 0 aliphatic heterocycles. The Bertz CT molecular complexity index is 648. The minimum absolute atomic E-state index is 0.224. The second-order valence-electron chi connectivity index (χ2n) is 5.19. The first-order valence-corrected chi connectivity index (χ1v) is 7.82. The van der Waals surface area contributed by atoms with E-state index in [0.29, 0.717) is 12.0 Å². The molecule has 1 heterocycles. The van der Waals surface area contributed by atoms with Gasteiger partial charge in [-0.2, -0.15) is 0 Å². The van der Waals surface area contributed by atoms with Crippen molar-refractivity contribution in [2.24, 2.45) is 0 Å². The number of carbonyl (C=O) groups excluding carboxylic acids is 1. The van der Waals surface area contributed by atoms with Crippen LogP contribution in [0.1, 0.15) is 34.2 Å². The molecule has 0 bridgehead atoms. The number of aliphatic carboxylic acids is 1. The lowest BCUT2D eigenvalue weighted by Crippen LogP contribution is -2.34. The summed E-state index contributed by atoms with van der Waals surface area (Å²) in [4.78, 5) is 27.6. The smallest absolute Gasteiger partial charge is 0.330 e. The number of rotatable bonds is 6. The Balaban J connectivity index is 2.05. The van der Waals surface area contributed by atoms with Crippen molar-refractivity contribution in [1.82, 2.24) is 10.3 Å². The van der Waals surface area contributed by atoms with Gasteiger partial charge < -0.3 is 10.4 Å². The molecule has 1 aromatic heterocycles. The monoisotopic (exact) mass is 318 g/mol. The summed E-state index contributed by atoms with van der Waals surface area (Å²) in [6, 6.07) is 4.51. The van der Waals surface area contributed by atoms with Crippen molar-refractivity contribution in [2.45, 2.75) is 32.7 Å². The first kappa shape index (κ1) is 16.2. The Morgan fingerprint density at radius 3 is 2.50 bits per heavy atom. The summed E-state index contributed by atoms with van der Waals surface area (Å²) < 4.78 is 0. The van der Waals surface area contributed by atoms with Crippen molar-refractivity contribution >= 4 is 23.2 Å². The van der Waals surface area contributed by atoms with Crippen LogP contribution in [-0.2, 0) is 16.0 Å². The largest absolute Gasteiger partial charge is 0.479 e. The number of carbonyl (C=O) groups is 2. The predicted octanol–water partition coefficient (Wildman–Crippen LogP) is 2.63. The maximum Gasteiger partial charge on any atom is 0.330 e. The van der Waals surface area contributed by atoms with Crippen LogP contribution >= 0.6 is 11.3 Å². The van der Waals surface area contributed by atoms with Gasteiger partial charge in [0.15, 0.2) is 6.04 Å². The fourth-order valence-corrected chi connectivity index (χ4v) is 2.91. The van der Waals surface area contributed by atoms with E-state index in [4.69, 9.17) is 0 Å². The number of carboxylic acid groups (broad SMARTS) is 1. The minimum atomic E-state index is -1.06. The molecule has 2 rings (SSSR count). The number of nitrogens with one attached hydrogen (secondary N) is 1. The molecule has 2 N–H and O–H groups in total. The van der Waals surface area contributed by atoms with Gasteiger partial charge in [0.1, 0.15) is 0 Å². The van der Waals surface area contributed by atoms with Crippen LogP contribution in [0.4, 0.5) is 0 Å². The summed E-state index contributed by atoms with van der Waals surface area (Å²) in [5.41, 5.74) is 2.53. The van der Waals surface area contributed by atoms with Gasteiger partial charge in [-0.25, -0.2) is 9.78 Å². The summed E-state index contributed by atoms with van der Waals surface area (Å²) in [7, 11) is 0. The van der Waals surface area contributed by atoms with Crippen molar-refractivity contribution in [3.8, 4) is 0 Å². The summed E-state index contributed by atoms with van der Waals surface area (Å²) in [6.07, 6.45) is 2.43. The lowest BCUT2D eigenvalue weighted by molar-refractivity contribution is -0.142. The maximum absolute atomic E-state index is 12.0. The lowest BCUT2D eigenvalue weighted by Gasteiger charge is -2.16. The highest BCUT2D eigenvalue weighted by Gasteiger charge is 2.22. The molecular formula is C16H18N2O3S. The van der Waals surface area contributed by atoms with Gasteiger partial charge in [-0.15, -0.1) is 11.3 Å². The fraction of sp³-hybridized carbons (Fsp3) is 0.312. The Morgan fingerprint density at radius 1 is 1.27 bits per heavy atom. The number of benzene rings is 1. The predicted molar refractivity (Wildman–Crippen MR) is 84.9 cm³/mol. The van der Waals surface area contributed by atoms with Crippen LogP contribution in [0.25, 0.3) is 0 Å². The van der Waals surface area contributed by atoms with Crippen molar-refractivity contribution < 1.29 is 14.7 Å². The van der Waals surface area contributed by atoms with E-state index in [1.807, 2.05) is 25.3 Å². The van der Waals surface area contributed by atoms with Crippen molar-refractivity contribution in [3.63, 3.8) is 0 Å². The van der Waals surface area contributed by atoms with Crippen LogP contribution in [0, 0.1) is 13.8 Å². The summed E-state index contributed by atoms with van der Waals surface area (Å²) >= 11 is 1.48. The number of carboxylic acids is 1. The van der Waals surface area contributed by atoms with E-state index in [9.17, 15) is 14.7 Å². The van der Waals surface area contributed by atoms with E-state index >= 15 is 0 Å². The zero-order valence-electron chi connectivity index (χ0n) is 12.5. The number of aryl methyl sites for hydroxylation is 3.